The number of nitrogens with one attached hydrogen (secondary N) is 1. The number of carbonyl (C=O) groups is 1. The molecule has 3 aromatic rings. The van der Waals surface area contributed by atoms with E-state index in [2.05, 4.69) is 15.5 Å². The maximum absolute atomic E-state index is 12.7. The number of anilines is 1. The van der Waals surface area contributed by atoms with Crippen LogP contribution in [-0.4, -0.2) is 43.9 Å². The quantitative estimate of drug-likeness (QED) is 0.568. The Kier molecular flexibility index (Phi) is 6.59. The van der Waals surface area contributed by atoms with Crippen molar-refractivity contribution in [3.05, 3.63) is 60.0 Å². The van der Waals surface area contributed by atoms with Crippen molar-refractivity contribution < 1.29 is 22.5 Å². The van der Waals surface area contributed by atoms with Crippen molar-refractivity contribution in [1.29, 1.82) is 0 Å². The van der Waals surface area contributed by atoms with E-state index >= 15 is 0 Å². The second-order valence-corrected chi connectivity index (χ2v) is 8.89. The molecule has 0 unspecified atom stereocenters. The summed E-state index contributed by atoms with van der Waals surface area (Å²) >= 11 is 0. The van der Waals surface area contributed by atoms with Gasteiger partial charge in [-0.3, -0.25) is 9.10 Å². The fourth-order valence-electron chi connectivity index (χ4n) is 3.01. The van der Waals surface area contributed by atoms with Gasteiger partial charge in [0.1, 0.15) is 11.8 Å². The normalized spacial score (nSPS) is 12.3. The average Bonchev–Trinajstić information content (AvgIpc) is 3.20. The summed E-state index contributed by atoms with van der Waals surface area (Å²) in [5.41, 5.74) is 2.23. The Morgan fingerprint density at radius 2 is 1.94 bits per heavy atom. The monoisotopic (exact) mass is 444 g/mol. The second kappa shape index (κ2) is 9.17. The molecule has 0 spiro atoms. The molecule has 9 nitrogen and oxygen atoms in total. The van der Waals surface area contributed by atoms with E-state index in [0.29, 0.717) is 17.3 Å². The summed E-state index contributed by atoms with van der Waals surface area (Å²) < 4.78 is 36.2. The van der Waals surface area contributed by atoms with Crippen LogP contribution in [0.5, 0.6) is 5.75 Å². The van der Waals surface area contributed by atoms with E-state index in [-0.39, 0.29) is 12.4 Å². The minimum Gasteiger partial charge on any atom is -0.497 e. The van der Waals surface area contributed by atoms with E-state index in [1.165, 1.54) is 14.0 Å². The van der Waals surface area contributed by atoms with Crippen molar-refractivity contribution in [3.63, 3.8) is 0 Å². The molecule has 0 saturated carbocycles. The van der Waals surface area contributed by atoms with Gasteiger partial charge in [0, 0.05) is 11.6 Å². The van der Waals surface area contributed by atoms with Crippen LogP contribution in [-0.2, 0) is 21.4 Å². The van der Waals surface area contributed by atoms with Crippen molar-refractivity contribution in [2.45, 2.75) is 26.4 Å². The number of aromatic nitrogens is 2. The summed E-state index contributed by atoms with van der Waals surface area (Å²) in [6.07, 6.45) is 1.04. The minimum absolute atomic E-state index is 0.0300. The standard InChI is InChI=1S/C21H24N4O5S/c1-14-8-10-16(11-9-14)20-23-19(30-24-20)13-22-21(26)15(2)25(31(4,27)28)17-6-5-7-18(12-17)29-3/h5-12,15H,13H2,1-4H3,(H,22,26)/t15-/m1/s1. The molecule has 0 aliphatic heterocycles. The lowest BCUT2D eigenvalue weighted by Gasteiger charge is -2.28. The molecule has 10 heteroatoms. The van der Waals surface area contributed by atoms with Gasteiger partial charge in [0.2, 0.25) is 27.6 Å². The lowest BCUT2D eigenvalue weighted by molar-refractivity contribution is -0.122. The molecule has 164 valence electrons. The van der Waals surface area contributed by atoms with Crippen LogP contribution >= 0.6 is 0 Å². The molecule has 1 heterocycles. The number of aryl methyl sites for hydroxylation is 1. The Balaban J connectivity index is 1.72. The molecule has 1 N–H and O–H groups in total. The minimum atomic E-state index is -3.74. The third-order valence-electron chi connectivity index (χ3n) is 4.59. The largest absolute Gasteiger partial charge is 0.497 e. The number of carbonyl (C=O) groups excluding carboxylic acids is 1. The Bertz CT molecular complexity index is 1160. The van der Waals surface area contributed by atoms with Crippen molar-refractivity contribution in [1.82, 2.24) is 15.5 Å². The van der Waals surface area contributed by atoms with Crippen LogP contribution in [0.1, 0.15) is 18.4 Å². The summed E-state index contributed by atoms with van der Waals surface area (Å²) in [6.45, 7) is 3.45. The van der Waals surface area contributed by atoms with Crippen molar-refractivity contribution in [2.24, 2.45) is 0 Å². The third kappa shape index (κ3) is 5.40. The summed E-state index contributed by atoms with van der Waals surface area (Å²) in [5, 5.41) is 6.57. The van der Waals surface area contributed by atoms with Gasteiger partial charge in [0.05, 0.1) is 25.6 Å². The molecule has 0 aliphatic carbocycles. The lowest BCUT2D eigenvalue weighted by atomic mass is 10.1. The molecule has 0 bridgehead atoms. The molecule has 2 aromatic carbocycles. The van der Waals surface area contributed by atoms with Crippen LogP contribution in [0.3, 0.4) is 0 Å². The summed E-state index contributed by atoms with van der Waals surface area (Å²) in [5.74, 6) is 0.589. The third-order valence-corrected chi connectivity index (χ3v) is 5.83. The van der Waals surface area contributed by atoms with E-state index < -0.39 is 22.0 Å². The number of hydrogen-bond acceptors (Lipinski definition) is 7. The molecule has 3 rings (SSSR count). The van der Waals surface area contributed by atoms with Crippen LogP contribution in [0.25, 0.3) is 11.4 Å². The highest BCUT2D eigenvalue weighted by molar-refractivity contribution is 7.92. The van der Waals surface area contributed by atoms with Crippen molar-refractivity contribution in [2.75, 3.05) is 17.7 Å². The van der Waals surface area contributed by atoms with Gasteiger partial charge in [-0.25, -0.2) is 8.42 Å². The van der Waals surface area contributed by atoms with Gasteiger partial charge in [0.25, 0.3) is 0 Å². The second-order valence-electron chi connectivity index (χ2n) is 7.03. The van der Waals surface area contributed by atoms with Crippen LogP contribution in [0.4, 0.5) is 5.69 Å². The number of nitrogens with zero attached hydrogens (tertiary/aromatic N) is 3. The topological polar surface area (TPSA) is 115 Å². The van der Waals surface area contributed by atoms with Crippen LogP contribution in [0, 0.1) is 6.92 Å². The van der Waals surface area contributed by atoms with E-state index in [4.69, 9.17) is 9.26 Å². The Hall–Kier alpha value is -3.40. The number of rotatable bonds is 8. The fourth-order valence-corrected chi connectivity index (χ4v) is 4.18. The number of amides is 1. The highest BCUT2D eigenvalue weighted by Crippen LogP contribution is 2.25. The average molecular weight is 445 g/mol. The van der Waals surface area contributed by atoms with Gasteiger partial charge in [-0.1, -0.05) is 41.1 Å². The zero-order valence-corrected chi connectivity index (χ0v) is 18.5. The molecular weight excluding hydrogens is 420 g/mol. The van der Waals surface area contributed by atoms with Crippen LogP contribution in [0.15, 0.2) is 53.1 Å². The van der Waals surface area contributed by atoms with Gasteiger partial charge in [-0.2, -0.15) is 4.98 Å². The number of ether oxygens (including phenoxy) is 1. The smallest absolute Gasteiger partial charge is 0.246 e. The number of hydrogen-bond donors (Lipinski definition) is 1. The number of methoxy groups -OCH3 is 1. The van der Waals surface area contributed by atoms with Gasteiger partial charge >= 0.3 is 0 Å². The number of benzene rings is 2. The highest BCUT2D eigenvalue weighted by Gasteiger charge is 2.29. The molecule has 0 saturated heterocycles. The fraction of sp³-hybridized carbons (Fsp3) is 0.286. The molecule has 1 amide bonds. The maximum Gasteiger partial charge on any atom is 0.246 e. The first-order valence-electron chi connectivity index (χ1n) is 9.50. The molecule has 0 fully saturated rings. The Morgan fingerprint density at radius 3 is 2.58 bits per heavy atom. The van der Waals surface area contributed by atoms with E-state index in [0.717, 1.165) is 21.7 Å². The number of sulfonamides is 1. The van der Waals surface area contributed by atoms with Crippen LogP contribution in [0.2, 0.25) is 0 Å². The van der Waals surface area contributed by atoms with Gasteiger partial charge in [-0.15, -0.1) is 0 Å². The van der Waals surface area contributed by atoms with Gasteiger partial charge < -0.3 is 14.6 Å². The first-order valence-corrected chi connectivity index (χ1v) is 11.3. The summed E-state index contributed by atoms with van der Waals surface area (Å²) in [6, 6.07) is 13.1. The predicted octanol–water partition coefficient (Wildman–Crippen LogP) is 2.52. The van der Waals surface area contributed by atoms with Gasteiger partial charge in [-0.05, 0) is 26.0 Å². The van der Waals surface area contributed by atoms with Gasteiger partial charge in [0.15, 0.2) is 0 Å². The Labute approximate surface area is 181 Å². The van der Waals surface area contributed by atoms with Crippen LogP contribution < -0.4 is 14.4 Å². The highest BCUT2D eigenvalue weighted by atomic mass is 32.2. The molecule has 0 radical (unpaired) electrons. The molecule has 31 heavy (non-hydrogen) atoms. The van der Waals surface area contributed by atoms with Crippen molar-refractivity contribution in [3.8, 4) is 17.1 Å². The molecular formula is C21H24N4O5S. The Morgan fingerprint density at radius 1 is 1.23 bits per heavy atom. The zero-order chi connectivity index (χ0) is 22.6. The lowest BCUT2D eigenvalue weighted by Crippen LogP contribution is -2.47. The van der Waals surface area contributed by atoms with Crippen molar-refractivity contribution >= 4 is 21.6 Å². The summed E-state index contributed by atoms with van der Waals surface area (Å²) in [4.78, 5) is 17.0. The van der Waals surface area contributed by atoms with E-state index in [1.807, 2.05) is 31.2 Å². The zero-order valence-electron chi connectivity index (χ0n) is 17.7. The first kappa shape index (κ1) is 22.3. The predicted molar refractivity (Wildman–Crippen MR) is 116 cm³/mol. The maximum atomic E-state index is 12.7. The summed E-state index contributed by atoms with van der Waals surface area (Å²) in [7, 11) is -2.26. The molecule has 1 atom stereocenters. The van der Waals surface area contributed by atoms with E-state index in [1.54, 1.807) is 24.3 Å². The molecule has 1 aromatic heterocycles. The SMILES string of the molecule is COc1cccc(N([C@H](C)C(=O)NCc2nc(-c3ccc(C)cc3)no2)S(C)(=O)=O)c1. The molecule has 0 aliphatic rings. The van der Waals surface area contributed by atoms with E-state index in [9.17, 15) is 13.2 Å². The first-order chi connectivity index (χ1) is 14.7.